The summed E-state index contributed by atoms with van der Waals surface area (Å²) >= 11 is 12.1. The average molecular weight is 359 g/mol. The van der Waals surface area contributed by atoms with Gasteiger partial charge in [0.25, 0.3) is 0 Å². The number of rotatable bonds is 3. The number of aromatic amines is 1. The van der Waals surface area contributed by atoms with E-state index < -0.39 is 22.6 Å². The maximum absolute atomic E-state index is 13.3. The molecule has 4 nitrogen and oxygen atoms in total. The lowest BCUT2D eigenvalue weighted by atomic mass is 10.2. The van der Waals surface area contributed by atoms with Crippen LogP contribution in [-0.2, 0) is 11.0 Å². The molecular weight excluding hydrogens is 350 g/mol. The van der Waals surface area contributed by atoms with Gasteiger partial charge < -0.3 is 10.1 Å². The smallest absolute Gasteiger partial charge is 0.166 e. The van der Waals surface area contributed by atoms with Gasteiger partial charge in [-0.3, -0.25) is 4.72 Å². The molecule has 114 valence electrons. The summed E-state index contributed by atoms with van der Waals surface area (Å²) in [4.78, 5) is 3.14. The molecule has 0 saturated carbocycles. The van der Waals surface area contributed by atoms with Gasteiger partial charge in [-0.15, -0.1) is 0 Å². The molecule has 1 unspecified atom stereocenters. The number of H-pyrrole nitrogens is 1. The predicted molar refractivity (Wildman–Crippen MR) is 86.4 cm³/mol. The molecule has 0 fully saturated rings. The van der Waals surface area contributed by atoms with E-state index in [4.69, 9.17) is 28.3 Å². The van der Waals surface area contributed by atoms with Gasteiger partial charge in [0.15, 0.2) is 11.6 Å². The standard InChI is InChI=1S/C14H9Cl2FN2O2S/c15-8-2-3-11(14-13(8)9(16)6-18-14)19-22(21)7-1-4-12(20)10(17)5-7/h1-6,18-20H. The molecule has 1 atom stereocenters. The molecule has 3 rings (SSSR count). The van der Waals surface area contributed by atoms with E-state index in [1.54, 1.807) is 18.3 Å². The van der Waals surface area contributed by atoms with Gasteiger partial charge in [0.2, 0.25) is 0 Å². The second kappa shape index (κ2) is 5.79. The molecule has 3 aromatic rings. The van der Waals surface area contributed by atoms with Crippen LogP contribution in [0.15, 0.2) is 41.4 Å². The number of aromatic nitrogens is 1. The lowest BCUT2D eigenvalue weighted by Gasteiger charge is -2.09. The Morgan fingerprint density at radius 2 is 1.95 bits per heavy atom. The zero-order valence-corrected chi connectivity index (χ0v) is 13.2. The first kappa shape index (κ1) is 15.1. The molecule has 2 aromatic carbocycles. The van der Waals surface area contributed by atoms with E-state index in [1.165, 1.54) is 6.07 Å². The molecule has 0 aliphatic rings. The van der Waals surface area contributed by atoms with Crippen LogP contribution in [0.4, 0.5) is 10.1 Å². The van der Waals surface area contributed by atoms with E-state index >= 15 is 0 Å². The highest BCUT2D eigenvalue weighted by Crippen LogP contribution is 2.35. The van der Waals surface area contributed by atoms with Crippen molar-refractivity contribution in [3.63, 3.8) is 0 Å². The molecule has 1 heterocycles. The number of phenols is 1. The van der Waals surface area contributed by atoms with E-state index in [-0.39, 0.29) is 4.90 Å². The number of anilines is 1. The van der Waals surface area contributed by atoms with Crippen molar-refractivity contribution in [2.24, 2.45) is 0 Å². The van der Waals surface area contributed by atoms with Crippen LogP contribution in [0, 0.1) is 5.82 Å². The first-order valence-electron chi connectivity index (χ1n) is 6.09. The molecule has 0 bridgehead atoms. The number of hydrogen-bond donors (Lipinski definition) is 3. The second-order valence-electron chi connectivity index (χ2n) is 4.47. The molecule has 0 amide bonds. The lowest BCUT2D eigenvalue weighted by Crippen LogP contribution is -2.05. The summed E-state index contributed by atoms with van der Waals surface area (Å²) in [6.07, 6.45) is 1.58. The molecule has 0 spiro atoms. The van der Waals surface area contributed by atoms with Crippen LogP contribution in [0.25, 0.3) is 10.9 Å². The Hall–Kier alpha value is -1.76. The second-order valence-corrected chi connectivity index (χ2v) is 6.49. The summed E-state index contributed by atoms with van der Waals surface area (Å²) in [7, 11) is -1.71. The highest BCUT2D eigenvalue weighted by atomic mass is 35.5. The maximum Gasteiger partial charge on any atom is 0.166 e. The molecule has 0 aliphatic carbocycles. The van der Waals surface area contributed by atoms with Crippen LogP contribution in [0.5, 0.6) is 5.75 Å². The Morgan fingerprint density at radius 1 is 1.18 bits per heavy atom. The molecule has 1 aromatic heterocycles. The van der Waals surface area contributed by atoms with E-state index in [2.05, 4.69) is 9.71 Å². The van der Waals surface area contributed by atoms with E-state index in [9.17, 15) is 8.60 Å². The number of halogens is 3. The number of nitrogens with one attached hydrogen (secondary N) is 2. The van der Waals surface area contributed by atoms with Crippen molar-refractivity contribution in [2.45, 2.75) is 4.90 Å². The fraction of sp³-hybridized carbons (Fsp3) is 0. The van der Waals surface area contributed by atoms with E-state index in [1.807, 2.05) is 0 Å². The third-order valence-corrected chi connectivity index (χ3v) is 4.77. The fourth-order valence-corrected chi connectivity index (χ4v) is 3.46. The van der Waals surface area contributed by atoms with Crippen molar-refractivity contribution in [1.29, 1.82) is 0 Å². The number of benzene rings is 2. The first-order valence-corrected chi connectivity index (χ1v) is 8.00. The summed E-state index contributed by atoms with van der Waals surface area (Å²) < 4.78 is 28.4. The van der Waals surface area contributed by atoms with Gasteiger partial charge in [-0.25, -0.2) is 8.60 Å². The SMILES string of the molecule is O=S(Nc1ccc(Cl)c2c(Cl)c[nH]c12)c1ccc(O)c(F)c1. The molecule has 22 heavy (non-hydrogen) atoms. The quantitative estimate of drug-likeness (QED) is 0.647. The minimum atomic E-state index is -1.71. The van der Waals surface area contributed by atoms with Gasteiger partial charge in [-0.2, -0.15) is 0 Å². The van der Waals surface area contributed by atoms with Crippen LogP contribution in [0.2, 0.25) is 10.0 Å². The van der Waals surface area contributed by atoms with Crippen LogP contribution in [0.3, 0.4) is 0 Å². The van der Waals surface area contributed by atoms with Crippen LogP contribution < -0.4 is 4.72 Å². The van der Waals surface area contributed by atoms with Gasteiger partial charge in [0.1, 0.15) is 11.0 Å². The van der Waals surface area contributed by atoms with Crippen LogP contribution in [0.1, 0.15) is 0 Å². The number of fused-ring (bicyclic) bond motifs is 1. The monoisotopic (exact) mass is 358 g/mol. The number of aromatic hydroxyl groups is 1. The van der Waals surface area contributed by atoms with Gasteiger partial charge >= 0.3 is 0 Å². The third-order valence-electron chi connectivity index (χ3n) is 3.07. The van der Waals surface area contributed by atoms with Crippen LogP contribution >= 0.6 is 23.2 Å². The van der Waals surface area contributed by atoms with Crippen LogP contribution in [-0.4, -0.2) is 14.3 Å². The van der Waals surface area contributed by atoms with Crippen molar-refractivity contribution in [3.8, 4) is 5.75 Å². The Bertz CT molecular complexity index is 898. The van der Waals surface area contributed by atoms with E-state index in [0.717, 1.165) is 12.1 Å². The highest BCUT2D eigenvalue weighted by Gasteiger charge is 2.13. The van der Waals surface area contributed by atoms with Crippen molar-refractivity contribution in [1.82, 2.24) is 4.98 Å². The van der Waals surface area contributed by atoms with Gasteiger partial charge in [-0.05, 0) is 30.3 Å². The minimum Gasteiger partial charge on any atom is -0.505 e. The number of hydrogen-bond acceptors (Lipinski definition) is 2. The first-order chi connectivity index (χ1) is 10.5. The molecule has 0 saturated heterocycles. The van der Waals surface area contributed by atoms with Gasteiger partial charge in [-0.1, -0.05) is 23.2 Å². The van der Waals surface area contributed by atoms with Crippen molar-refractivity contribution in [2.75, 3.05) is 4.72 Å². The summed E-state index contributed by atoms with van der Waals surface area (Å²) in [5.74, 6) is -1.33. The Balaban J connectivity index is 1.98. The Kier molecular flexibility index (Phi) is 3.99. The summed E-state index contributed by atoms with van der Waals surface area (Å²) in [6.45, 7) is 0. The van der Waals surface area contributed by atoms with Crippen molar-refractivity contribution < 1.29 is 13.7 Å². The predicted octanol–water partition coefficient (Wildman–Crippen LogP) is 4.45. The Labute approximate surface area is 137 Å². The fourth-order valence-electron chi connectivity index (χ4n) is 2.02. The topological polar surface area (TPSA) is 65.1 Å². The van der Waals surface area contributed by atoms with Gasteiger partial charge in [0, 0.05) is 11.6 Å². The lowest BCUT2D eigenvalue weighted by molar-refractivity contribution is 0.431. The third kappa shape index (κ3) is 2.65. The minimum absolute atomic E-state index is 0.191. The molecule has 3 N–H and O–H groups in total. The Morgan fingerprint density at radius 3 is 2.68 bits per heavy atom. The molecular formula is C14H9Cl2FN2O2S. The van der Waals surface area contributed by atoms with Crippen molar-refractivity contribution in [3.05, 3.63) is 52.4 Å². The summed E-state index contributed by atoms with van der Waals surface area (Å²) in [5.41, 5.74) is 1.11. The average Bonchev–Trinajstić information content (AvgIpc) is 2.88. The molecule has 8 heteroatoms. The van der Waals surface area contributed by atoms with Gasteiger partial charge in [0.05, 0.1) is 26.1 Å². The highest BCUT2D eigenvalue weighted by molar-refractivity contribution is 7.86. The molecule has 0 aliphatic heterocycles. The maximum atomic E-state index is 13.3. The zero-order chi connectivity index (χ0) is 15.9. The summed E-state index contributed by atoms with van der Waals surface area (Å²) in [6, 6.07) is 6.80. The van der Waals surface area contributed by atoms with E-state index in [0.29, 0.717) is 26.6 Å². The number of phenolic OH excluding ortho intramolecular Hbond substituents is 1. The normalized spacial score (nSPS) is 12.5. The van der Waals surface area contributed by atoms with Crippen molar-refractivity contribution >= 4 is 50.8 Å². The molecule has 0 radical (unpaired) electrons. The largest absolute Gasteiger partial charge is 0.505 e. The zero-order valence-electron chi connectivity index (χ0n) is 10.9. The summed E-state index contributed by atoms with van der Waals surface area (Å²) in [5, 5.41) is 10.7.